The normalized spacial score (nSPS) is 14.2. The van der Waals surface area contributed by atoms with E-state index >= 15 is 0 Å². The van der Waals surface area contributed by atoms with E-state index in [1.807, 2.05) is 0 Å². The molecule has 0 radical (unpaired) electrons. The molecular formula is C30H54N+. The molecule has 0 aromatic carbocycles. The van der Waals surface area contributed by atoms with Crippen LogP contribution >= 0.6 is 0 Å². The first kappa shape index (κ1) is 29.7. The molecule has 0 heterocycles. The Morgan fingerprint density at radius 1 is 0.484 bits per heavy atom. The van der Waals surface area contributed by atoms with Crippen molar-refractivity contribution in [3.05, 3.63) is 58.2 Å². The second-order valence-corrected chi connectivity index (χ2v) is 10.8. The maximum atomic E-state index is 2.45. The summed E-state index contributed by atoms with van der Waals surface area (Å²) in [5, 5.41) is 0. The van der Waals surface area contributed by atoms with Crippen LogP contribution in [0.3, 0.4) is 0 Å². The zero-order chi connectivity index (χ0) is 23.7. The fraction of sp³-hybridized carbons (Fsp3) is 0.667. The van der Waals surface area contributed by atoms with Gasteiger partial charge in [0.25, 0.3) is 0 Å². The highest BCUT2D eigenvalue weighted by molar-refractivity contribution is 5.07. The molecule has 0 aliphatic heterocycles. The Bertz CT molecular complexity index is 628. The van der Waals surface area contributed by atoms with Crippen LogP contribution in [0, 0.1) is 0 Å². The summed E-state index contributed by atoms with van der Waals surface area (Å²) in [5.41, 5.74) is 7.58. The Balaban J connectivity index is 4.04. The molecule has 0 bridgehead atoms. The van der Waals surface area contributed by atoms with E-state index in [9.17, 15) is 0 Å². The summed E-state index contributed by atoms with van der Waals surface area (Å²) in [6.07, 6.45) is 24.1. The molecule has 1 nitrogen and oxygen atoms in total. The minimum atomic E-state index is 1.07. The standard InChI is InChI=1S/C30H54N/c1-26(2)16-12-19-29(5)22-13-20-27(3)17-10-11-18-28(4)21-14-23-30(6)24-15-25-31(7,8)9/h16-18,22-23H,10-15,19-21,24-25H2,1-9H3/q+1/b27-17+,28-18+,29-22+,30-23+. The van der Waals surface area contributed by atoms with Crippen molar-refractivity contribution in [1.82, 2.24) is 0 Å². The van der Waals surface area contributed by atoms with Crippen molar-refractivity contribution in [3.8, 4) is 0 Å². The third-order valence-corrected chi connectivity index (χ3v) is 5.71. The summed E-state index contributed by atoms with van der Waals surface area (Å²) < 4.78 is 1.07. The summed E-state index contributed by atoms with van der Waals surface area (Å²) in [7, 11) is 6.82. The number of hydrogen-bond acceptors (Lipinski definition) is 0. The van der Waals surface area contributed by atoms with E-state index in [1.54, 1.807) is 5.57 Å². The van der Waals surface area contributed by atoms with Gasteiger partial charge in [-0.2, -0.15) is 0 Å². The molecule has 0 rings (SSSR count). The lowest BCUT2D eigenvalue weighted by Gasteiger charge is -2.23. The van der Waals surface area contributed by atoms with Crippen molar-refractivity contribution < 1.29 is 4.48 Å². The Labute approximate surface area is 196 Å². The summed E-state index contributed by atoms with van der Waals surface area (Å²) in [5.74, 6) is 0. The zero-order valence-corrected chi connectivity index (χ0v) is 22.6. The molecule has 0 aromatic heterocycles. The summed E-state index contributed by atoms with van der Waals surface area (Å²) in [6.45, 7) is 14.8. The first-order valence-electron chi connectivity index (χ1n) is 12.6. The summed E-state index contributed by atoms with van der Waals surface area (Å²) in [4.78, 5) is 0. The number of nitrogens with zero attached hydrogens (tertiary/aromatic N) is 1. The molecule has 0 aliphatic carbocycles. The van der Waals surface area contributed by atoms with Crippen LogP contribution in [0.1, 0.15) is 106 Å². The lowest BCUT2D eigenvalue weighted by Crippen LogP contribution is -2.35. The van der Waals surface area contributed by atoms with Crippen molar-refractivity contribution in [2.45, 2.75) is 106 Å². The van der Waals surface area contributed by atoms with E-state index in [0.29, 0.717) is 0 Å². The van der Waals surface area contributed by atoms with E-state index in [-0.39, 0.29) is 0 Å². The van der Waals surface area contributed by atoms with E-state index < -0.39 is 0 Å². The van der Waals surface area contributed by atoms with Gasteiger partial charge in [-0.25, -0.2) is 0 Å². The van der Waals surface area contributed by atoms with Gasteiger partial charge >= 0.3 is 0 Å². The fourth-order valence-corrected chi connectivity index (χ4v) is 3.58. The van der Waals surface area contributed by atoms with Crippen molar-refractivity contribution in [1.29, 1.82) is 0 Å². The number of rotatable bonds is 16. The van der Waals surface area contributed by atoms with Gasteiger partial charge in [0, 0.05) is 6.42 Å². The molecule has 0 aliphatic rings. The highest BCUT2D eigenvalue weighted by Crippen LogP contribution is 2.14. The summed E-state index contributed by atoms with van der Waals surface area (Å²) >= 11 is 0. The Kier molecular flexibility index (Phi) is 16.5. The van der Waals surface area contributed by atoms with Crippen molar-refractivity contribution in [3.63, 3.8) is 0 Å². The van der Waals surface area contributed by atoms with Crippen LogP contribution in [-0.2, 0) is 0 Å². The number of quaternary nitrogens is 1. The quantitative estimate of drug-likeness (QED) is 0.130. The maximum Gasteiger partial charge on any atom is 0.0783 e. The second-order valence-electron chi connectivity index (χ2n) is 10.8. The van der Waals surface area contributed by atoms with Gasteiger partial charge in [-0.15, -0.1) is 0 Å². The molecule has 0 aromatic rings. The SMILES string of the molecule is CC(C)=CCC/C(C)=C/CC/C(C)=C/CC/C=C(\C)CC/C=C(\C)CCC[N+](C)(C)C. The topological polar surface area (TPSA) is 0 Å². The molecule has 1 heteroatoms. The third-order valence-electron chi connectivity index (χ3n) is 5.71. The summed E-state index contributed by atoms with van der Waals surface area (Å²) in [6, 6.07) is 0. The molecule has 0 fully saturated rings. The van der Waals surface area contributed by atoms with Gasteiger partial charge in [-0.1, -0.05) is 58.2 Å². The number of unbranched alkanes of at least 4 members (excludes halogenated alkanes) is 1. The van der Waals surface area contributed by atoms with Gasteiger partial charge in [-0.3, -0.25) is 0 Å². The molecular weight excluding hydrogens is 374 g/mol. The minimum absolute atomic E-state index is 1.07. The average molecular weight is 429 g/mol. The van der Waals surface area contributed by atoms with Gasteiger partial charge in [-0.05, 0) is 99.3 Å². The minimum Gasteiger partial charge on any atom is -0.331 e. The third kappa shape index (κ3) is 21.7. The highest BCUT2D eigenvalue weighted by Gasteiger charge is 2.05. The lowest BCUT2D eigenvalue weighted by atomic mass is 10.0. The van der Waals surface area contributed by atoms with Gasteiger partial charge < -0.3 is 4.48 Å². The molecule has 178 valence electrons. The molecule has 31 heavy (non-hydrogen) atoms. The van der Waals surface area contributed by atoms with Crippen LogP contribution in [0.4, 0.5) is 0 Å². The first-order valence-corrected chi connectivity index (χ1v) is 12.6. The smallest absolute Gasteiger partial charge is 0.0783 e. The highest BCUT2D eigenvalue weighted by atomic mass is 15.3. The molecule has 0 N–H and O–H groups in total. The zero-order valence-electron chi connectivity index (χ0n) is 22.6. The Hall–Kier alpha value is -1.34. The molecule has 0 unspecified atom stereocenters. The van der Waals surface area contributed by atoms with Crippen LogP contribution < -0.4 is 0 Å². The van der Waals surface area contributed by atoms with Crippen LogP contribution in [0.2, 0.25) is 0 Å². The van der Waals surface area contributed by atoms with Gasteiger partial charge in [0.1, 0.15) is 0 Å². The van der Waals surface area contributed by atoms with Crippen LogP contribution in [-0.4, -0.2) is 32.2 Å². The molecule has 0 saturated heterocycles. The predicted molar refractivity (Wildman–Crippen MR) is 144 cm³/mol. The maximum absolute atomic E-state index is 2.45. The predicted octanol–water partition coefficient (Wildman–Crippen LogP) is 9.35. The molecule has 0 amide bonds. The van der Waals surface area contributed by atoms with Crippen LogP contribution in [0.15, 0.2) is 58.2 Å². The Morgan fingerprint density at radius 2 is 0.839 bits per heavy atom. The van der Waals surface area contributed by atoms with Crippen LogP contribution in [0.25, 0.3) is 0 Å². The van der Waals surface area contributed by atoms with Crippen molar-refractivity contribution in [2.75, 3.05) is 27.7 Å². The number of allylic oxidation sites excluding steroid dienone is 10. The van der Waals surface area contributed by atoms with Crippen molar-refractivity contribution >= 4 is 0 Å². The molecule has 0 spiro atoms. The molecule has 0 saturated carbocycles. The van der Waals surface area contributed by atoms with E-state index in [1.165, 1.54) is 93.0 Å². The monoisotopic (exact) mass is 428 g/mol. The largest absolute Gasteiger partial charge is 0.331 e. The van der Waals surface area contributed by atoms with Gasteiger partial charge in [0.2, 0.25) is 0 Å². The van der Waals surface area contributed by atoms with E-state index in [4.69, 9.17) is 0 Å². The Morgan fingerprint density at radius 3 is 1.23 bits per heavy atom. The second kappa shape index (κ2) is 17.2. The van der Waals surface area contributed by atoms with Crippen LogP contribution in [0.5, 0.6) is 0 Å². The fourth-order valence-electron chi connectivity index (χ4n) is 3.58. The van der Waals surface area contributed by atoms with Gasteiger partial charge in [0.05, 0.1) is 27.7 Å². The van der Waals surface area contributed by atoms with Crippen molar-refractivity contribution in [2.24, 2.45) is 0 Å². The average Bonchev–Trinajstić information content (AvgIpc) is 2.64. The van der Waals surface area contributed by atoms with E-state index in [0.717, 1.165) is 4.48 Å². The van der Waals surface area contributed by atoms with E-state index in [2.05, 4.69) is 93.1 Å². The molecule has 0 atom stereocenters. The first-order chi connectivity index (χ1) is 14.5. The lowest BCUT2D eigenvalue weighted by molar-refractivity contribution is -0.870. The number of hydrogen-bond donors (Lipinski definition) is 0. The van der Waals surface area contributed by atoms with Gasteiger partial charge in [0.15, 0.2) is 0 Å².